The third kappa shape index (κ3) is 5.30. The van der Waals surface area contributed by atoms with Crippen molar-refractivity contribution in [1.82, 2.24) is 24.7 Å². The Morgan fingerprint density at radius 1 is 1.03 bits per heavy atom. The Morgan fingerprint density at radius 3 is 2.42 bits per heavy atom. The van der Waals surface area contributed by atoms with E-state index < -0.39 is 0 Å². The molecule has 2 atom stereocenters. The van der Waals surface area contributed by atoms with Gasteiger partial charge in [-0.2, -0.15) is 0 Å². The van der Waals surface area contributed by atoms with E-state index in [2.05, 4.69) is 94.7 Å². The summed E-state index contributed by atoms with van der Waals surface area (Å²) in [7, 11) is 0. The van der Waals surface area contributed by atoms with E-state index in [1.54, 1.807) is 0 Å². The van der Waals surface area contributed by atoms with Crippen LogP contribution in [0.4, 0.5) is 5.69 Å². The summed E-state index contributed by atoms with van der Waals surface area (Å²) < 4.78 is 7.93. The van der Waals surface area contributed by atoms with Crippen molar-refractivity contribution in [2.75, 3.05) is 57.4 Å². The van der Waals surface area contributed by atoms with E-state index in [4.69, 9.17) is 21.9 Å². The SMILES string of the molecule is CCN(CC)c1ccc(-n2c(C)cc([C@H]3[C@@H](c4ccccn4)NC(=S)N3CCN3CCOCC3)c2C)cc1. The molecule has 5 rings (SSSR count). The Kier molecular flexibility index (Phi) is 8.31. The summed E-state index contributed by atoms with van der Waals surface area (Å²) in [4.78, 5) is 11.9. The minimum absolute atomic E-state index is 0.00705. The van der Waals surface area contributed by atoms with Gasteiger partial charge >= 0.3 is 0 Å². The fraction of sp³-hybridized carbons (Fsp3) is 0.467. The summed E-state index contributed by atoms with van der Waals surface area (Å²) in [6, 6.07) is 17.5. The van der Waals surface area contributed by atoms with Crippen LogP contribution in [0.3, 0.4) is 0 Å². The van der Waals surface area contributed by atoms with Gasteiger partial charge in [-0.1, -0.05) is 6.07 Å². The van der Waals surface area contributed by atoms with Gasteiger partial charge in [-0.25, -0.2) is 0 Å². The molecule has 1 aromatic carbocycles. The van der Waals surface area contributed by atoms with Crippen LogP contribution in [0.5, 0.6) is 0 Å². The van der Waals surface area contributed by atoms with Gasteiger partial charge < -0.3 is 24.4 Å². The predicted molar refractivity (Wildman–Crippen MR) is 158 cm³/mol. The van der Waals surface area contributed by atoms with Crippen molar-refractivity contribution in [3.8, 4) is 5.69 Å². The molecule has 2 aliphatic heterocycles. The molecule has 202 valence electrons. The largest absolute Gasteiger partial charge is 0.379 e. The Labute approximate surface area is 232 Å². The average Bonchev–Trinajstić information content (AvgIpc) is 3.44. The number of nitrogens with one attached hydrogen (secondary N) is 1. The summed E-state index contributed by atoms with van der Waals surface area (Å²) in [5.74, 6) is 0. The Hall–Kier alpha value is -2.94. The number of thiocarbonyl (C=S) groups is 1. The molecule has 38 heavy (non-hydrogen) atoms. The molecule has 0 unspecified atom stereocenters. The summed E-state index contributed by atoms with van der Waals surface area (Å²) >= 11 is 5.93. The highest BCUT2D eigenvalue weighted by molar-refractivity contribution is 7.80. The maximum atomic E-state index is 5.93. The molecule has 0 radical (unpaired) electrons. The number of anilines is 1. The molecule has 2 fully saturated rings. The lowest BCUT2D eigenvalue weighted by Crippen LogP contribution is -2.42. The van der Waals surface area contributed by atoms with Gasteiger partial charge in [-0.3, -0.25) is 9.88 Å². The third-order valence-corrected chi connectivity index (χ3v) is 8.34. The number of ether oxygens (including phenoxy) is 1. The molecule has 7 nitrogen and oxygen atoms in total. The van der Waals surface area contributed by atoms with Gasteiger partial charge in [0.15, 0.2) is 5.11 Å². The molecular weight excluding hydrogens is 492 g/mol. The molecular formula is C30H40N6OS. The molecule has 3 aromatic rings. The minimum Gasteiger partial charge on any atom is -0.379 e. The van der Waals surface area contributed by atoms with Crippen LogP contribution in [0, 0.1) is 13.8 Å². The second-order valence-corrected chi connectivity index (χ2v) is 10.5. The van der Waals surface area contributed by atoms with Crippen molar-refractivity contribution in [2.24, 2.45) is 0 Å². The number of nitrogens with zero attached hydrogens (tertiary/aromatic N) is 5. The van der Waals surface area contributed by atoms with Crippen molar-refractivity contribution in [3.05, 3.63) is 77.4 Å². The van der Waals surface area contributed by atoms with Gasteiger partial charge in [-0.05, 0) is 87.9 Å². The maximum absolute atomic E-state index is 5.93. The van der Waals surface area contributed by atoms with Gasteiger partial charge in [0, 0.05) is 68.2 Å². The van der Waals surface area contributed by atoms with Crippen molar-refractivity contribution < 1.29 is 4.74 Å². The number of aromatic nitrogens is 2. The zero-order valence-electron chi connectivity index (χ0n) is 23.1. The van der Waals surface area contributed by atoms with Crippen molar-refractivity contribution >= 4 is 23.0 Å². The number of aryl methyl sites for hydroxylation is 1. The van der Waals surface area contributed by atoms with Crippen molar-refractivity contribution in [2.45, 2.75) is 39.8 Å². The number of benzene rings is 1. The van der Waals surface area contributed by atoms with E-state index in [1.165, 1.54) is 28.3 Å². The Bertz CT molecular complexity index is 1220. The molecule has 0 saturated carbocycles. The first kappa shape index (κ1) is 26.7. The van der Waals surface area contributed by atoms with Crippen molar-refractivity contribution in [1.29, 1.82) is 0 Å². The van der Waals surface area contributed by atoms with Crippen LogP contribution < -0.4 is 10.2 Å². The van der Waals surface area contributed by atoms with Crippen LogP contribution in [-0.4, -0.2) is 76.9 Å². The first-order valence-corrected chi connectivity index (χ1v) is 14.2. The predicted octanol–water partition coefficient (Wildman–Crippen LogP) is 4.64. The average molecular weight is 533 g/mol. The quantitative estimate of drug-likeness (QED) is 0.403. The van der Waals surface area contributed by atoms with Crippen LogP contribution in [0.25, 0.3) is 5.69 Å². The summed E-state index contributed by atoms with van der Waals surface area (Å²) in [5.41, 5.74) is 7.22. The van der Waals surface area contributed by atoms with E-state index in [1.807, 2.05) is 12.3 Å². The normalized spacial score (nSPS) is 20.1. The standard InChI is InChI=1S/C30H40N6OS/c1-5-34(6-2)24-10-12-25(13-11-24)36-22(3)21-26(23(36)4)29-28(27-9-7-8-14-31-27)32-30(38)35(29)16-15-33-17-19-37-20-18-33/h7-14,21,28-29H,5-6,15-20H2,1-4H3,(H,32,38)/t28-,29+/m1/s1. The number of hydrogen-bond donors (Lipinski definition) is 1. The Balaban J connectivity index is 1.49. The fourth-order valence-corrected chi connectivity index (χ4v) is 6.28. The van der Waals surface area contributed by atoms with Gasteiger partial charge in [0.2, 0.25) is 0 Å². The van der Waals surface area contributed by atoms with Crippen LogP contribution >= 0.6 is 12.2 Å². The summed E-state index contributed by atoms with van der Waals surface area (Å²) in [6.45, 7) is 16.2. The van der Waals surface area contributed by atoms with E-state index in [9.17, 15) is 0 Å². The van der Waals surface area contributed by atoms with Gasteiger partial charge in [0.1, 0.15) is 0 Å². The smallest absolute Gasteiger partial charge is 0.170 e. The third-order valence-electron chi connectivity index (χ3n) is 7.98. The monoisotopic (exact) mass is 532 g/mol. The molecule has 2 aliphatic rings. The second-order valence-electron chi connectivity index (χ2n) is 10.1. The summed E-state index contributed by atoms with van der Waals surface area (Å²) in [5, 5.41) is 4.42. The molecule has 0 bridgehead atoms. The van der Waals surface area contributed by atoms with E-state index in [-0.39, 0.29) is 12.1 Å². The highest BCUT2D eigenvalue weighted by atomic mass is 32.1. The van der Waals surface area contributed by atoms with E-state index in [0.29, 0.717) is 0 Å². The number of morpholine rings is 1. The first-order chi connectivity index (χ1) is 18.5. The second kappa shape index (κ2) is 11.8. The van der Waals surface area contributed by atoms with Crippen LogP contribution in [-0.2, 0) is 4.74 Å². The lowest BCUT2D eigenvalue weighted by Gasteiger charge is -2.32. The lowest BCUT2D eigenvalue weighted by atomic mass is 9.96. The molecule has 4 heterocycles. The molecule has 0 amide bonds. The highest BCUT2D eigenvalue weighted by Gasteiger charge is 2.41. The topological polar surface area (TPSA) is 48.8 Å². The molecule has 0 aliphatic carbocycles. The van der Waals surface area contributed by atoms with Crippen LogP contribution in [0.2, 0.25) is 0 Å². The number of pyridine rings is 1. The highest BCUT2D eigenvalue weighted by Crippen LogP contribution is 2.41. The fourth-order valence-electron chi connectivity index (χ4n) is 5.94. The molecule has 1 N–H and O–H groups in total. The van der Waals surface area contributed by atoms with E-state index >= 15 is 0 Å². The lowest BCUT2D eigenvalue weighted by molar-refractivity contribution is 0.0350. The zero-order chi connectivity index (χ0) is 26.6. The van der Waals surface area contributed by atoms with Gasteiger partial charge in [0.25, 0.3) is 0 Å². The minimum atomic E-state index is -0.00705. The zero-order valence-corrected chi connectivity index (χ0v) is 23.9. The molecule has 2 saturated heterocycles. The molecule has 8 heteroatoms. The number of hydrogen-bond acceptors (Lipinski definition) is 5. The van der Waals surface area contributed by atoms with E-state index in [0.717, 1.165) is 63.3 Å². The summed E-state index contributed by atoms with van der Waals surface area (Å²) in [6.07, 6.45) is 1.87. The number of rotatable bonds is 9. The molecule has 2 aromatic heterocycles. The maximum Gasteiger partial charge on any atom is 0.170 e. The Morgan fingerprint density at radius 2 is 1.76 bits per heavy atom. The van der Waals surface area contributed by atoms with Gasteiger partial charge in [-0.15, -0.1) is 0 Å². The van der Waals surface area contributed by atoms with Crippen LogP contribution in [0.15, 0.2) is 54.7 Å². The molecule has 0 spiro atoms. The first-order valence-electron chi connectivity index (χ1n) is 13.8. The van der Waals surface area contributed by atoms with Crippen LogP contribution in [0.1, 0.15) is 48.6 Å². The van der Waals surface area contributed by atoms with Gasteiger partial charge in [0.05, 0.1) is 31.0 Å². The van der Waals surface area contributed by atoms with Crippen molar-refractivity contribution in [3.63, 3.8) is 0 Å².